The van der Waals surface area contributed by atoms with Crippen molar-refractivity contribution in [1.82, 2.24) is 9.97 Å². The SMILES string of the molecule is C/C(=N/Nc1nc(C)cc(=O)[nH]1)c1cc2c(ccc3ccccc32)o1. The van der Waals surface area contributed by atoms with Gasteiger partial charge in [0, 0.05) is 17.1 Å². The molecule has 124 valence electrons. The summed E-state index contributed by atoms with van der Waals surface area (Å²) in [5.74, 6) is 0.958. The first-order valence-electron chi connectivity index (χ1n) is 7.90. The molecule has 25 heavy (non-hydrogen) atoms. The maximum atomic E-state index is 11.5. The van der Waals surface area contributed by atoms with E-state index in [1.54, 1.807) is 6.92 Å². The number of fused-ring (bicyclic) bond motifs is 3. The lowest BCUT2D eigenvalue weighted by molar-refractivity contribution is 0.604. The van der Waals surface area contributed by atoms with Gasteiger partial charge in [0.15, 0.2) is 5.76 Å². The van der Waals surface area contributed by atoms with Crippen LogP contribution in [-0.4, -0.2) is 15.7 Å². The third-order valence-corrected chi connectivity index (χ3v) is 3.98. The highest BCUT2D eigenvalue weighted by Gasteiger charge is 2.09. The van der Waals surface area contributed by atoms with Crippen molar-refractivity contribution in [3.8, 4) is 0 Å². The summed E-state index contributed by atoms with van der Waals surface area (Å²) in [4.78, 5) is 18.2. The number of rotatable bonds is 3. The van der Waals surface area contributed by atoms with Crippen LogP contribution in [0.25, 0.3) is 21.7 Å². The summed E-state index contributed by atoms with van der Waals surface area (Å²) in [7, 11) is 0. The summed E-state index contributed by atoms with van der Waals surface area (Å²) >= 11 is 0. The smallest absolute Gasteiger partial charge is 0.252 e. The lowest BCUT2D eigenvalue weighted by atomic mass is 10.1. The molecule has 0 amide bonds. The predicted molar refractivity (Wildman–Crippen MR) is 99.1 cm³/mol. The van der Waals surface area contributed by atoms with Gasteiger partial charge in [0.05, 0.1) is 0 Å². The van der Waals surface area contributed by atoms with Gasteiger partial charge in [0.25, 0.3) is 5.56 Å². The van der Waals surface area contributed by atoms with E-state index < -0.39 is 0 Å². The maximum Gasteiger partial charge on any atom is 0.252 e. The van der Waals surface area contributed by atoms with Crippen molar-refractivity contribution in [1.29, 1.82) is 0 Å². The van der Waals surface area contributed by atoms with Gasteiger partial charge in [-0.2, -0.15) is 5.10 Å². The zero-order chi connectivity index (χ0) is 17.4. The molecule has 0 aliphatic carbocycles. The second-order valence-corrected chi connectivity index (χ2v) is 5.85. The van der Waals surface area contributed by atoms with Crippen LogP contribution in [0.2, 0.25) is 0 Å². The molecular weight excluding hydrogens is 316 g/mol. The highest BCUT2D eigenvalue weighted by Crippen LogP contribution is 2.28. The fourth-order valence-corrected chi connectivity index (χ4v) is 2.79. The molecule has 0 spiro atoms. The van der Waals surface area contributed by atoms with Crippen molar-refractivity contribution in [2.24, 2.45) is 5.10 Å². The van der Waals surface area contributed by atoms with Gasteiger partial charge in [-0.05, 0) is 36.8 Å². The molecular formula is C19H16N4O2. The van der Waals surface area contributed by atoms with Gasteiger partial charge >= 0.3 is 0 Å². The van der Waals surface area contributed by atoms with Crippen molar-refractivity contribution >= 4 is 33.4 Å². The molecule has 0 saturated heterocycles. The zero-order valence-electron chi connectivity index (χ0n) is 13.8. The number of aromatic amines is 1. The fraction of sp³-hybridized carbons (Fsp3) is 0.105. The average molecular weight is 332 g/mol. The first kappa shape index (κ1) is 15.1. The number of aromatic nitrogens is 2. The summed E-state index contributed by atoms with van der Waals surface area (Å²) in [5.41, 5.74) is 4.63. The summed E-state index contributed by atoms with van der Waals surface area (Å²) < 4.78 is 5.91. The van der Waals surface area contributed by atoms with Crippen LogP contribution >= 0.6 is 0 Å². The molecule has 0 saturated carbocycles. The zero-order valence-corrected chi connectivity index (χ0v) is 13.8. The Morgan fingerprint density at radius 2 is 2.00 bits per heavy atom. The third kappa shape index (κ3) is 2.89. The normalized spacial score (nSPS) is 12.0. The molecule has 2 N–H and O–H groups in total. The Kier molecular flexibility index (Phi) is 3.57. The molecule has 0 aliphatic rings. The monoisotopic (exact) mass is 332 g/mol. The minimum Gasteiger partial charge on any atom is -0.455 e. The molecule has 0 fully saturated rings. The van der Waals surface area contributed by atoms with Crippen molar-refractivity contribution in [2.45, 2.75) is 13.8 Å². The van der Waals surface area contributed by atoms with E-state index >= 15 is 0 Å². The molecule has 0 radical (unpaired) electrons. The summed E-state index contributed by atoms with van der Waals surface area (Å²) in [6.45, 7) is 3.59. The van der Waals surface area contributed by atoms with E-state index in [-0.39, 0.29) is 5.56 Å². The van der Waals surface area contributed by atoms with Crippen molar-refractivity contribution < 1.29 is 4.42 Å². The van der Waals surface area contributed by atoms with Crippen LogP contribution in [-0.2, 0) is 0 Å². The second-order valence-electron chi connectivity index (χ2n) is 5.85. The Hall–Kier alpha value is -3.41. The number of nitrogens with zero attached hydrogens (tertiary/aromatic N) is 2. The van der Waals surface area contributed by atoms with Crippen LogP contribution in [0.1, 0.15) is 18.4 Å². The molecule has 0 aliphatic heterocycles. The Morgan fingerprint density at radius 1 is 1.16 bits per heavy atom. The summed E-state index contributed by atoms with van der Waals surface area (Å²) in [5, 5.41) is 7.61. The van der Waals surface area contributed by atoms with E-state index in [0.29, 0.717) is 23.1 Å². The molecule has 6 heteroatoms. The minimum atomic E-state index is -0.224. The van der Waals surface area contributed by atoms with Gasteiger partial charge in [-0.1, -0.05) is 30.3 Å². The molecule has 4 aromatic rings. The number of anilines is 1. The van der Waals surface area contributed by atoms with Gasteiger partial charge < -0.3 is 4.42 Å². The lowest BCUT2D eigenvalue weighted by Crippen LogP contribution is -2.11. The molecule has 2 aromatic carbocycles. The van der Waals surface area contributed by atoms with Gasteiger partial charge in [-0.25, -0.2) is 10.4 Å². The summed E-state index contributed by atoms with van der Waals surface area (Å²) in [6.07, 6.45) is 0. The average Bonchev–Trinajstić information content (AvgIpc) is 3.04. The molecule has 0 atom stereocenters. The first-order valence-corrected chi connectivity index (χ1v) is 7.90. The van der Waals surface area contributed by atoms with Crippen molar-refractivity contribution in [3.05, 3.63) is 70.3 Å². The van der Waals surface area contributed by atoms with E-state index in [1.165, 1.54) is 6.07 Å². The Morgan fingerprint density at radius 3 is 2.84 bits per heavy atom. The van der Waals surface area contributed by atoms with Gasteiger partial charge in [0.1, 0.15) is 11.3 Å². The Balaban J connectivity index is 1.70. The maximum absolute atomic E-state index is 11.5. The minimum absolute atomic E-state index is 0.224. The molecule has 2 aromatic heterocycles. The topological polar surface area (TPSA) is 83.3 Å². The van der Waals surface area contributed by atoms with Crippen LogP contribution in [0.4, 0.5) is 5.95 Å². The number of furan rings is 1. The van der Waals surface area contributed by atoms with Crippen molar-refractivity contribution in [2.75, 3.05) is 5.43 Å². The van der Waals surface area contributed by atoms with Crippen LogP contribution in [0.3, 0.4) is 0 Å². The molecule has 4 rings (SSSR count). The number of aryl methyl sites for hydroxylation is 1. The molecule has 0 bridgehead atoms. The number of hydrogen-bond donors (Lipinski definition) is 2. The number of benzene rings is 2. The van der Waals surface area contributed by atoms with E-state index in [2.05, 4.69) is 32.6 Å². The number of H-pyrrole nitrogens is 1. The first-order chi connectivity index (χ1) is 12.1. The Bertz CT molecular complexity index is 1170. The largest absolute Gasteiger partial charge is 0.455 e. The van der Waals surface area contributed by atoms with Gasteiger partial charge in [-0.15, -0.1) is 0 Å². The number of nitrogens with one attached hydrogen (secondary N) is 2. The van der Waals surface area contributed by atoms with Crippen LogP contribution in [0.15, 0.2) is 62.8 Å². The summed E-state index contributed by atoms with van der Waals surface area (Å²) in [6, 6.07) is 15.6. The quantitative estimate of drug-likeness (QED) is 0.441. The van der Waals surface area contributed by atoms with E-state index in [0.717, 1.165) is 21.7 Å². The van der Waals surface area contributed by atoms with Crippen LogP contribution in [0, 0.1) is 6.92 Å². The fourth-order valence-electron chi connectivity index (χ4n) is 2.79. The highest BCUT2D eigenvalue weighted by atomic mass is 16.3. The molecule has 2 heterocycles. The Labute approximate surface area is 143 Å². The number of hydrazone groups is 1. The molecule has 0 unspecified atom stereocenters. The third-order valence-electron chi connectivity index (χ3n) is 3.98. The highest BCUT2D eigenvalue weighted by molar-refractivity contribution is 6.09. The molecule has 6 nitrogen and oxygen atoms in total. The van der Waals surface area contributed by atoms with E-state index in [1.807, 2.05) is 37.3 Å². The van der Waals surface area contributed by atoms with E-state index in [4.69, 9.17) is 4.42 Å². The van der Waals surface area contributed by atoms with E-state index in [9.17, 15) is 4.79 Å². The van der Waals surface area contributed by atoms with Crippen molar-refractivity contribution in [3.63, 3.8) is 0 Å². The van der Waals surface area contributed by atoms with Gasteiger partial charge in [-0.3, -0.25) is 9.78 Å². The predicted octanol–water partition coefficient (Wildman–Crippen LogP) is 3.81. The lowest BCUT2D eigenvalue weighted by Gasteiger charge is -2.01. The van der Waals surface area contributed by atoms with Crippen LogP contribution < -0.4 is 11.0 Å². The van der Waals surface area contributed by atoms with Crippen LogP contribution in [0.5, 0.6) is 0 Å². The number of hydrogen-bond acceptors (Lipinski definition) is 5. The van der Waals surface area contributed by atoms with Gasteiger partial charge in [0.2, 0.25) is 5.95 Å². The second kappa shape index (κ2) is 5.90. The standard InChI is InChI=1S/C19H16N4O2/c1-11-9-18(24)21-19(20-11)23-22-12(2)17-10-15-14-6-4-3-5-13(14)7-8-16(15)25-17/h3-10H,1-2H3,(H2,20,21,23,24)/b22-12-.